The van der Waals surface area contributed by atoms with E-state index in [1.807, 2.05) is 37.3 Å². The van der Waals surface area contributed by atoms with Crippen LogP contribution in [-0.4, -0.2) is 4.57 Å². The molecule has 4 nitrogen and oxygen atoms in total. The Morgan fingerprint density at radius 3 is 2.57 bits per heavy atom. The van der Waals surface area contributed by atoms with Crippen LogP contribution in [0.1, 0.15) is 11.3 Å². The maximum Gasteiger partial charge on any atom is 0.336 e. The minimum Gasteiger partial charge on any atom is -0.422 e. The number of aromatic nitrogens is 1. The van der Waals surface area contributed by atoms with Crippen molar-refractivity contribution in [2.45, 2.75) is 19.9 Å². The molecule has 0 atom stereocenters. The van der Waals surface area contributed by atoms with Crippen LogP contribution in [0.4, 0.5) is 0 Å². The van der Waals surface area contributed by atoms with Gasteiger partial charge in [0.1, 0.15) is 5.58 Å². The van der Waals surface area contributed by atoms with Crippen molar-refractivity contribution in [1.29, 1.82) is 0 Å². The van der Waals surface area contributed by atoms with Gasteiger partial charge < -0.3 is 8.98 Å². The van der Waals surface area contributed by atoms with Crippen molar-refractivity contribution in [3.05, 3.63) is 80.6 Å². The molecule has 106 valence electrons. The highest BCUT2D eigenvalue weighted by Gasteiger charge is 2.08. The van der Waals surface area contributed by atoms with Crippen molar-refractivity contribution in [1.82, 2.24) is 4.57 Å². The highest BCUT2D eigenvalue weighted by molar-refractivity contribution is 5.75. The van der Waals surface area contributed by atoms with Gasteiger partial charge in [0, 0.05) is 24.4 Å². The average molecular weight is 281 g/mol. The van der Waals surface area contributed by atoms with Gasteiger partial charge in [-0.2, -0.15) is 0 Å². The van der Waals surface area contributed by atoms with Crippen molar-refractivity contribution < 1.29 is 4.42 Å². The topological polar surface area (TPSA) is 52.2 Å². The van der Waals surface area contributed by atoms with E-state index in [0.29, 0.717) is 17.5 Å². The van der Waals surface area contributed by atoms with Crippen molar-refractivity contribution in [3.8, 4) is 0 Å². The largest absolute Gasteiger partial charge is 0.422 e. The number of fused-ring (bicyclic) bond motifs is 1. The molecule has 0 saturated heterocycles. The lowest BCUT2D eigenvalue weighted by Crippen LogP contribution is -2.23. The molecule has 0 aliphatic rings. The molecule has 0 aliphatic heterocycles. The summed E-state index contributed by atoms with van der Waals surface area (Å²) in [5, 5.41) is 0.438. The summed E-state index contributed by atoms with van der Waals surface area (Å²) in [7, 11) is 0. The smallest absolute Gasteiger partial charge is 0.336 e. The van der Waals surface area contributed by atoms with Crippen LogP contribution in [-0.2, 0) is 13.0 Å². The second-order valence-corrected chi connectivity index (χ2v) is 5.01. The molecule has 0 saturated carbocycles. The average Bonchev–Trinajstić information content (AvgIpc) is 2.47. The maximum atomic E-state index is 12.5. The minimum atomic E-state index is -0.441. The molecular formula is C17H15NO3. The summed E-state index contributed by atoms with van der Waals surface area (Å²) in [5.74, 6) is 0. The summed E-state index contributed by atoms with van der Waals surface area (Å²) in [6.07, 6.45) is 0.782. The number of rotatable bonds is 3. The summed E-state index contributed by atoms with van der Waals surface area (Å²) in [4.78, 5) is 23.7. The fraction of sp³-hybridized carbons (Fsp3) is 0.176. The molecule has 4 heteroatoms. The zero-order valence-corrected chi connectivity index (χ0v) is 11.7. The quantitative estimate of drug-likeness (QED) is 0.741. The van der Waals surface area contributed by atoms with Gasteiger partial charge in [0.05, 0.1) is 5.39 Å². The Kier molecular flexibility index (Phi) is 3.44. The lowest BCUT2D eigenvalue weighted by Gasteiger charge is -2.11. The molecule has 0 unspecified atom stereocenters. The standard InChI is InChI=1S/C17H15NO3/c1-12-11-15-14(7-8-16(19)21-15)17(20)18(12)10-9-13-5-3-2-4-6-13/h2-8,11H,9-10H2,1H3. The Morgan fingerprint density at radius 2 is 1.81 bits per heavy atom. The van der Waals surface area contributed by atoms with E-state index in [4.69, 9.17) is 4.42 Å². The Morgan fingerprint density at radius 1 is 1.05 bits per heavy atom. The number of hydrogen-bond acceptors (Lipinski definition) is 3. The van der Waals surface area contributed by atoms with Crippen LogP contribution >= 0.6 is 0 Å². The number of nitrogens with zero attached hydrogens (tertiary/aromatic N) is 1. The first-order valence-electron chi connectivity index (χ1n) is 6.83. The Bertz CT molecular complexity index is 891. The second kappa shape index (κ2) is 5.40. The van der Waals surface area contributed by atoms with Crippen LogP contribution in [0.25, 0.3) is 11.0 Å². The Labute approximate surface area is 121 Å². The van der Waals surface area contributed by atoms with Crippen molar-refractivity contribution >= 4 is 11.0 Å². The van der Waals surface area contributed by atoms with E-state index in [1.54, 1.807) is 10.6 Å². The molecule has 0 spiro atoms. The molecule has 21 heavy (non-hydrogen) atoms. The minimum absolute atomic E-state index is 0.121. The normalized spacial score (nSPS) is 10.9. The highest BCUT2D eigenvalue weighted by Crippen LogP contribution is 2.10. The molecule has 1 aromatic carbocycles. The highest BCUT2D eigenvalue weighted by atomic mass is 16.4. The number of aryl methyl sites for hydroxylation is 2. The van der Waals surface area contributed by atoms with E-state index in [-0.39, 0.29) is 5.56 Å². The van der Waals surface area contributed by atoms with E-state index in [9.17, 15) is 9.59 Å². The van der Waals surface area contributed by atoms with Gasteiger partial charge >= 0.3 is 5.63 Å². The van der Waals surface area contributed by atoms with Crippen LogP contribution < -0.4 is 11.2 Å². The van der Waals surface area contributed by atoms with Crippen LogP contribution in [0, 0.1) is 6.92 Å². The summed E-state index contributed by atoms with van der Waals surface area (Å²) < 4.78 is 6.79. The maximum absolute atomic E-state index is 12.5. The van der Waals surface area contributed by atoms with E-state index < -0.39 is 5.63 Å². The third-order valence-electron chi connectivity index (χ3n) is 3.57. The first kappa shape index (κ1) is 13.4. The summed E-state index contributed by atoms with van der Waals surface area (Å²) in [6, 6.07) is 14.6. The van der Waals surface area contributed by atoms with Crippen molar-refractivity contribution in [2.24, 2.45) is 0 Å². The van der Waals surface area contributed by atoms with Gasteiger partial charge in [-0.1, -0.05) is 30.3 Å². The van der Waals surface area contributed by atoms with Gasteiger partial charge in [0.25, 0.3) is 5.56 Å². The SMILES string of the molecule is Cc1cc2oc(=O)ccc2c(=O)n1CCc1ccccc1. The van der Waals surface area contributed by atoms with Gasteiger partial charge in [-0.25, -0.2) is 4.79 Å². The fourth-order valence-electron chi connectivity index (χ4n) is 2.45. The van der Waals surface area contributed by atoms with Gasteiger partial charge in [-0.05, 0) is 25.0 Å². The molecule has 0 aliphatic carbocycles. The van der Waals surface area contributed by atoms with Gasteiger partial charge in [-0.3, -0.25) is 4.79 Å². The number of pyridine rings is 1. The molecule has 0 amide bonds. The lowest BCUT2D eigenvalue weighted by atomic mass is 10.1. The molecule has 3 rings (SSSR count). The predicted molar refractivity (Wildman–Crippen MR) is 81.6 cm³/mol. The van der Waals surface area contributed by atoms with Crippen molar-refractivity contribution in [2.75, 3.05) is 0 Å². The van der Waals surface area contributed by atoms with Gasteiger partial charge in [0.15, 0.2) is 0 Å². The molecule has 3 aromatic rings. The second-order valence-electron chi connectivity index (χ2n) is 5.01. The third-order valence-corrected chi connectivity index (χ3v) is 3.57. The van der Waals surface area contributed by atoms with Crippen LogP contribution in [0.5, 0.6) is 0 Å². The Hall–Kier alpha value is -2.62. The van der Waals surface area contributed by atoms with Crippen LogP contribution in [0.2, 0.25) is 0 Å². The zero-order valence-electron chi connectivity index (χ0n) is 11.7. The fourth-order valence-corrected chi connectivity index (χ4v) is 2.45. The zero-order chi connectivity index (χ0) is 14.8. The van der Waals surface area contributed by atoms with Crippen LogP contribution in [0.15, 0.2) is 62.5 Å². The predicted octanol–water partition coefficient (Wildman–Crippen LogP) is 2.51. The van der Waals surface area contributed by atoms with E-state index in [0.717, 1.165) is 12.1 Å². The van der Waals surface area contributed by atoms with E-state index in [1.165, 1.54) is 17.7 Å². The molecule has 2 aromatic heterocycles. The molecule has 0 bridgehead atoms. The summed E-state index contributed by atoms with van der Waals surface area (Å²) >= 11 is 0. The summed E-state index contributed by atoms with van der Waals surface area (Å²) in [5.41, 5.74) is 1.76. The van der Waals surface area contributed by atoms with Crippen molar-refractivity contribution in [3.63, 3.8) is 0 Å². The summed E-state index contributed by atoms with van der Waals surface area (Å²) in [6.45, 7) is 2.45. The molecule has 0 N–H and O–H groups in total. The van der Waals surface area contributed by atoms with E-state index in [2.05, 4.69) is 0 Å². The molecule has 0 radical (unpaired) electrons. The van der Waals surface area contributed by atoms with E-state index >= 15 is 0 Å². The van der Waals surface area contributed by atoms with Gasteiger partial charge in [-0.15, -0.1) is 0 Å². The lowest BCUT2D eigenvalue weighted by molar-refractivity contribution is 0.555. The molecular weight excluding hydrogens is 266 g/mol. The van der Waals surface area contributed by atoms with Gasteiger partial charge in [0.2, 0.25) is 0 Å². The monoisotopic (exact) mass is 281 g/mol. The molecule has 2 heterocycles. The number of hydrogen-bond donors (Lipinski definition) is 0. The number of benzene rings is 1. The third kappa shape index (κ3) is 2.65. The first-order chi connectivity index (χ1) is 10.1. The first-order valence-corrected chi connectivity index (χ1v) is 6.83. The Balaban J connectivity index is 2.01. The molecule has 0 fully saturated rings. The van der Waals surface area contributed by atoms with Crippen LogP contribution in [0.3, 0.4) is 0 Å².